The van der Waals surface area contributed by atoms with Crippen LogP contribution < -0.4 is 25.2 Å². The van der Waals surface area contributed by atoms with Gasteiger partial charge in [-0.05, 0) is 42.3 Å². The summed E-state index contributed by atoms with van der Waals surface area (Å²) < 4.78 is 36.4. The van der Waals surface area contributed by atoms with Gasteiger partial charge in [0.1, 0.15) is 16.4 Å². The molecule has 0 aliphatic rings. The number of ether oxygens (including phenoxy) is 2. The predicted molar refractivity (Wildman–Crippen MR) is 107 cm³/mol. The molecule has 29 heavy (non-hydrogen) atoms. The van der Waals surface area contributed by atoms with Crippen LogP contribution in [0.1, 0.15) is 15.9 Å². The maximum Gasteiger partial charge on any atom is 0.326 e. The van der Waals surface area contributed by atoms with Crippen LogP contribution in [0.4, 0.5) is 4.79 Å². The number of methoxy groups -OCH3 is 2. The van der Waals surface area contributed by atoms with Crippen LogP contribution in [0.15, 0.2) is 41.3 Å². The van der Waals surface area contributed by atoms with Gasteiger partial charge >= 0.3 is 6.03 Å². The van der Waals surface area contributed by atoms with Crippen molar-refractivity contribution in [1.82, 2.24) is 10.0 Å². The topological polar surface area (TPSA) is 137 Å². The van der Waals surface area contributed by atoms with E-state index >= 15 is 0 Å². The average molecular weight is 442 g/mol. The summed E-state index contributed by atoms with van der Waals surface area (Å²) in [5, 5.41) is 3.11. The molecule has 0 aromatic heterocycles. The summed E-state index contributed by atoms with van der Waals surface area (Å²) in [6.45, 7) is 0.212. The van der Waals surface area contributed by atoms with E-state index in [-0.39, 0.29) is 28.7 Å². The maximum absolute atomic E-state index is 12.4. The lowest BCUT2D eigenvalue weighted by molar-refractivity contribution is 0.0951. The minimum atomic E-state index is -4.19. The highest BCUT2D eigenvalue weighted by Crippen LogP contribution is 2.25. The molecule has 0 unspecified atom stereocenters. The van der Waals surface area contributed by atoms with E-state index < -0.39 is 16.1 Å². The summed E-state index contributed by atoms with van der Waals surface area (Å²) in [5.74, 6) is 0.0403. The fourth-order valence-corrected chi connectivity index (χ4v) is 3.82. The molecule has 0 atom stereocenters. The van der Waals surface area contributed by atoms with Gasteiger partial charge < -0.3 is 20.5 Å². The van der Waals surface area contributed by atoms with Crippen molar-refractivity contribution in [2.45, 2.75) is 11.3 Å². The van der Waals surface area contributed by atoms with Crippen molar-refractivity contribution in [1.29, 1.82) is 0 Å². The molecular weight excluding hydrogens is 422 g/mol. The number of sulfonamides is 1. The van der Waals surface area contributed by atoms with E-state index in [0.717, 1.165) is 0 Å². The fraction of sp³-hybridized carbons (Fsp3) is 0.222. The highest BCUT2D eigenvalue weighted by atomic mass is 35.5. The molecule has 2 aromatic carbocycles. The number of primary amides is 1. The Morgan fingerprint density at radius 3 is 2.34 bits per heavy atom. The molecule has 11 heteroatoms. The van der Waals surface area contributed by atoms with Crippen LogP contribution in [-0.4, -0.2) is 41.1 Å². The Labute approximate surface area is 173 Å². The van der Waals surface area contributed by atoms with E-state index in [1.165, 1.54) is 32.4 Å². The molecule has 2 rings (SSSR count). The lowest BCUT2D eigenvalue weighted by atomic mass is 10.1. The number of benzene rings is 2. The number of hydrogen-bond acceptors (Lipinski definition) is 6. The first-order chi connectivity index (χ1) is 13.7. The van der Waals surface area contributed by atoms with Crippen molar-refractivity contribution in [2.24, 2.45) is 5.73 Å². The Bertz CT molecular complexity index is 1030. The number of nitrogens with one attached hydrogen (secondary N) is 2. The third-order valence-corrected chi connectivity index (χ3v) is 5.46. The second-order valence-electron chi connectivity index (χ2n) is 5.81. The maximum atomic E-state index is 12.4. The third-order valence-electron chi connectivity index (χ3n) is 3.86. The van der Waals surface area contributed by atoms with Gasteiger partial charge in [0.15, 0.2) is 0 Å². The van der Waals surface area contributed by atoms with Gasteiger partial charge in [-0.2, -0.15) is 0 Å². The number of carbonyl (C=O) groups is 2. The van der Waals surface area contributed by atoms with Crippen molar-refractivity contribution in [3.05, 3.63) is 52.5 Å². The summed E-state index contributed by atoms with van der Waals surface area (Å²) in [4.78, 5) is 23.1. The summed E-state index contributed by atoms with van der Waals surface area (Å²) in [5.41, 5.74) is 5.78. The normalized spacial score (nSPS) is 10.9. The van der Waals surface area contributed by atoms with E-state index in [1.807, 2.05) is 0 Å². The van der Waals surface area contributed by atoms with E-state index in [1.54, 1.807) is 22.9 Å². The van der Waals surface area contributed by atoms with Gasteiger partial charge in [0.05, 0.1) is 19.8 Å². The number of hydrogen-bond donors (Lipinski definition) is 3. The van der Waals surface area contributed by atoms with E-state index in [4.69, 9.17) is 26.8 Å². The Balaban J connectivity index is 2.14. The predicted octanol–water partition coefficient (Wildman–Crippen LogP) is 1.69. The Kier molecular flexibility index (Phi) is 7.29. The third kappa shape index (κ3) is 5.75. The number of rotatable bonds is 8. The first kappa shape index (κ1) is 22.3. The molecule has 0 aliphatic carbocycles. The van der Waals surface area contributed by atoms with Crippen LogP contribution in [0.2, 0.25) is 5.02 Å². The quantitative estimate of drug-likeness (QED) is 0.570. The molecule has 3 amide bonds. The van der Waals surface area contributed by atoms with Gasteiger partial charge in [-0.25, -0.2) is 17.9 Å². The number of carbonyl (C=O) groups excluding carboxylic acids is 2. The van der Waals surface area contributed by atoms with Crippen LogP contribution in [-0.2, 0) is 16.4 Å². The molecule has 0 saturated carbocycles. The molecule has 9 nitrogen and oxygen atoms in total. The van der Waals surface area contributed by atoms with Gasteiger partial charge in [0.2, 0.25) is 0 Å². The molecule has 156 valence electrons. The molecule has 0 bridgehead atoms. The van der Waals surface area contributed by atoms with Crippen molar-refractivity contribution in [3.63, 3.8) is 0 Å². The van der Waals surface area contributed by atoms with Crippen LogP contribution in [0, 0.1) is 0 Å². The Morgan fingerprint density at radius 1 is 1.07 bits per heavy atom. The molecule has 2 aromatic rings. The second-order valence-corrected chi connectivity index (χ2v) is 7.89. The first-order valence-electron chi connectivity index (χ1n) is 8.29. The van der Waals surface area contributed by atoms with Gasteiger partial charge in [-0.1, -0.05) is 17.7 Å². The van der Waals surface area contributed by atoms with Gasteiger partial charge in [-0.15, -0.1) is 0 Å². The van der Waals surface area contributed by atoms with E-state index in [0.29, 0.717) is 22.8 Å². The second kappa shape index (κ2) is 9.48. The monoisotopic (exact) mass is 441 g/mol. The number of amides is 3. The highest BCUT2D eigenvalue weighted by Gasteiger charge is 2.21. The van der Waals surface area contributed by atoms with Crippen molar-refractivity contribution >= 4 is 33.6 Å². The summed E-state index contributed by atoms with van der Waals surface area (Å²) >= 11 is 5.93. The molecule has 0 fully saturated rings. The zero-order chi connectivity index (χ0) is 21.6. The fourth-order valence-electron chi connectivity index (χ4n) is 2.55. The zero-order valence-corrected chi connectivity index (χ0v) is 17.3. The van der Waals surface area contributed by atoms with Gasteiger partial charge in [0, 0.05) is 11.6 Å². The van der Waals surface area contributed by atoms with Crippen molar-refractivity contribution in [2.75, 3.05) is 20.8 Å². The standard InChI is InChI=1S/C18H20ClN3O6S/c1-27-14-6-4-12(19)10-13(14)17(23)21-8-7-11-3-5-15(28-2)16(9-11)29(25,26)22-18(20)24/h3-6,9-10H,7-8H2,1-2H3,(H,21,23)(H3,20,22,24). The lowest BCUT2D eigenvalue weighted by Gasteiger charge is -2.12. The summed E-state index contributed by atoms with van der Waals surface area (Å²) in [6.07, 6.45) is 0.317. The number of halogens is 1. The Morgan fingerprint density at radius 2 is 1.72 bits per heavy atom. The zero-order valence-electron chi connectivity index (χ0n) is 15.7. The van der Waals surface area contributed by atoms with Crippen LogP contribution in [0.25, 0.3) is 0 Å². The molecule has 0 spiro atoms. The van der Waals surface area contributed by atoms with Crippen LogP contribution >= 0.6 is 11.6 Å². The lowest BCUT2D eigenvalue weighted by Crippen LogP contribution is -2.35. The van der Waals surface area contributed by atoms with Crippen molar-refractivity contribution in [3.8, 4) is 11.5 Å². The average Bonchev–Trinajstić information content (AvgIpc) is 2.66. The number of urea groups is 1. The molecule has 0 heterocycles. The summed E-state index contributed by atoms with van der Waals surface area (Å²) in [7, 11) is -1.44. The number of nitrogens with two attached hydrogens (primary N) is 1. The van der Waals surface area contributed by atoms with Crippen LogP contribution in [0.5, 0.6) is 11.5 Å². The first-order valence-corrected chi connectivity index (χ1v) is 10.1. The van der Waals surface area contributed by atoms with E-state index in [9.17, 15) is 18.0 Å². The smallest absolute Gasteiger partial charge is 0.326 e. The highest BCUT2D eigenvalue weighted by molar-refractivity contribution is 7.90. The molecule has 0 saturated heterocycles. The van der Waals surface area contributed by atoms with E-state index in [2.05, 4.69) is 5.32 Å². The molecular formula is C18H20ClN3O6S. The van der Waals surface area contributed by atoms with Gasteiger partial charge in [0.25, 0.3) is 15.9 Å². The minimum Gasteiger partial charge on any atom is -0.496 e. The summed E-state index contributed by atoms with van der Waals surface area (Å²) in [6, 6.07) is 7.92. The molecule has 0 radical (unpaired) electrons. The van der Waals surface area contributed by atoms with Crippen molar-refractivity contribution < 1.29 is 27.5 Å². The molecule has 0 aliphatic heterocycles. The van der Waals surface area contributed by atoms with Gasteiger partial charge in [-0.3, -0.25) is 4.79 Å². The largest absolute Gasteiger partial charge is 0.496 e. The minimum absolute atomic E-state index is 0.0511. The SMILES string of the molecule is COc1ccc(Cl)cc1C(=O)NCCc1ccc(OC)c(S(=O)(=O)NC(N)=O)c1. The Hall–Kier alpha value is -2.98. The molecule has 4 N–H and O–H groups in total. The van der Waals surface area contributed by atoms with Crippen LogP contribution in [0.3, 0.4) is 0 Å².